The number of nitrogens with two attached hydrogens (primary N) is 1. The number of carbonyl (C=O) groups is 1. The first kappa shape index (κ1) is 24.9. The minimum absolute atomic E-state index is 0.0372. The van der Waals surface area contributed by atoms with Crippen molar-refractivity contribution in [1.82, 2.24) is 19.9 Å². The molecule has 38 heavy (non-hydrogen) atoms. The molecule has 0 radical (unpaired) electrons. The smallest absolute Gasteiger partial charge is 0.264 e. The third kappa shape index (κ3) is 4.79. The number of fused-ring (bicyclic) bond motifs is 1. The van der Waals surface area contributed by atoms with Gasteiger partial charge in [-0.1, -0.05) is 17.9 Å². The zero-order valence-corrected chi connectivity index (χ0v) is 20.7. The Labute approximate surface area is 216 Å². The topological polar surface area (TPSA) is 132 Å². The molecule has 12 heteroatoms. The van der Waals surface area contributed by atoms with E-state index < -0.39 is 26.6 Å². The Bertz CT molecular complexity index is 1770. The third-order valence-electron chi connectivity index (χ3n) is 5.94. The lowest BCUT2D eigenvalue weighted by Gasteiger charge is -2.14. The van der Waals surface area contributed by atoms with E-state index in [9.17, 15) is 22.0 Å². The van der Waals surface area contributed by atoms with Gasteiger partial charge in [0, 0.05) is 37.5 Å². The number of hydrogen-bond acceptors (Lipinski definition) is 6. The molecule has 0 atom stereocenters. The Hall–Kier alpha value is -4.76. The lowest BCUT2D eigenvalue weighted by molar-refractivity contribution is 0.0945. The summed E-state index contributed by atoms with van der Waals surface area (Å²) in [7, 11) is -2.56. The van der Waals surface area contributed by atoms with Gasteiger partial charge in [-0.05, 0) is 42.5 Å². The monoisotopic (exact) mass is 534 g/mol. The maximum Gasteiger partial charge on any atom is 0.264 e. The minimum atomic E-state index is -4.39. The predicted octanol–water partition coefficient (Wildman–Crippen LogP) is 2.83. The predicted molar refractivity (Wildman–Crippen MR) is 136 cm³/mol. The average molecular weight is 535 g/mol. The number of nitrogens with one attached hydrogen (secondary N) is 2. The summed E-state index contributed by atoms with van der Waals surface area (Å²) in [6, 6.07) is 10.0. The summed E-state index contributed by atoms with van der Waals surface area (Å²) in [5.74, 6) is 3.83. The van der Waals surface area contributed by atoms with Crippen LogP contribution in [0.2, 0.25) is 0 Å². The van der Waals surface area contributed by atoms with Crippen molar-refractivity contribution in [1.29, 1.82) is 0 Å². The van der Waals surface area contributed by atoms with E-state index in [0.717, 1.165) is 17.8 Å². The fourth-order valence-electron chi connectivity index (χ4n) is 4.13. The molecule has 1 aliphatic rings. The van der Waals surface area contributed by atoms with Crippen LogP contribution in [-0.2, 0) is 23.5 Å². The number of hydrogen-bond donors (Lipinski definition) is 3. The van der Waals surface area contributed by atoms with Crippen molar-refractivity contribution in [3.8, 4) is 23.2 Å². The van der Waals surface area contributed by atoms with Crippen LogP contribution in [0, 0.1) is 23.5 Å². The number of carbonyl (C=O) groups excluding carboxylic acids is 1. The van der Waals surface area contributed by atoms with E-state index in [-0.39, 0.29) is 17.5 Å². The fraction of sp³-hybridized carbons (Fsp3) is 0.115. The molecule has 192 valence electrons. The molecule has 9 nitrogen and oxygen atoms in total. The molecule has 4 N–H and O–H groups in total. The Morgan fingerprint density at radius 1 is 1.13 bits per heavy atom. The minimum Gasteiger partial charge on any atom is -0.368 e. The number of nitrogen functional groups attached to an aromatic ring is 1. The highest BCUT2D eigenvalue weighted by molar-refractivity contribution is 7.92. The molecule has 0 unspecified atom stereocenters. The Kier molecular flexibility index (Phi) is 6.30. The second-order valence-electron chi connectivity index (χ2n) is 8.46. The van der Waals surface area contributed by atoms with E-state index in [2.05, 4.69) is 31.8 Å². The van der Waals surface area contributed by atoms with Gasteiger partial charge in [0.25, 0.3) is 15.9 Å². The van der Waals surface area contributed by atoms with Crippen molar-refractivity contribution in [2.24, 2.45) is 7.05 Å². The number of rotatable bonds is 4. The molecule has 0 saturated carbocycles. The van der Waals surface area contributed by atoms with Crippen molar-refractivity contribution in [2.45, 2.75) is 11.3 Å². The van der Waals surface area contributed by atoms with Crippen LogP contribution in [0.25, 0.3) is 11.4 Å². The van der Waals surface area contributed by atoms with Crippen molar-refractivity contribution < 1.29 is 22.0 Å². The highest BCUT2D eigenvalue weighted by atomic mass is 32.2. The summed E-state index contributed by atoms with van der Waals surface area (Å²) in [5.41, 5.74) is 9.32. The van der Waals surface area contributed by atoms with Crippen molar-refractivity contribution >= 4 is 27.6 Å². The van der Waals surface area contributed by atoms with Gasteiger partial charge in [0.1, 0.15) is 22.2 Å². The van der Waals surface area contributed by atoms with Crippen LogP contribution in [0.3, 0.4) is 0 Å². The quantitative estimate of drug-likeness (QED) is 0.345. The van der Waals surface area contributed by atoms with E-state index in [1.54, 1.807) is 18.2 Å². The molecule has 0 spiro atoms. The van der Waals surface area contributed by atoms with E-state index >= 15 is 0 Å². The standard InChI is InChI=1S/C26H20F2N6O3S/c1-34-21-9-10-30-25(35)19(21)13-22(34)24-16(14-31-26(29)32-24)6-5-15-3-2-4-18(11-15)33-38(36,37)23-12-17(27)7-8-20(23)28/h2-4,7-8,11-14,33H,9-10H2,1H3,(H,30,35)(H2,29,31,32). The van der Waals surface area contributed by atoms with Gasteiger partial charge < -0.3 is 15.6 Å². The van der Waals surface area contributed by atoms with Crippen LogP contribution in [0.1, 0.15) is 27.2 Å². The molecule has 2 aromatic heterocycles. The molecule has 2 aromatic carbocycles. The highest BCUT2D eigenvalue weighted by Crippen LogP contribution is 2.28. The molecule has 0 bridgehead atoms. The summed E-state index contributed by atoms with van der Waals surface area (Å²) >= 11 is 0. The number of nitrogens with zero attached hydrogens (tertiary/aromatic N) is 3. The number of amides is 1. The first-order valence-corrected chi connectivity index (χ1v) is 12.8. The number of benzene rings is 2. The van der Waals surface area contributed by atoms with Crippen LogP contribution in [0.15, 0.2) is 59.6 Å². The third-order valence-corrected chi connectivity index (χ3v) is 7.34. The second kappa shape index (κ2) is 9.60. The van der Waals surface area contributed by atoms with Gasteiger partial charge in [0.05, 0.1) is 22.5 Å². The average Bonchev–Trinajstić information content (AvgIpc) is 3.22. The summed E-state index contributed by atoms with van der Waals surface area (Å²) in [6.07, 6.45) is 2.14. The summed E-state index contributed by atoms with van der Waals surface area (Å²) in [5, 5.41) is 2.81. The van der Waals surface area contributed by atoms with E-state index in [1.807, 2.05) is 11.6 Å². The van der Waals surface area contributed by atoms with Crippen LogP contribution in [-0.4, -0.2) is 35.4 Å². The van der Waals surface area contributed by atoms with Gasteiger partial charge in [0.15, 0.2) is 0 Å². The van der Waals surface area contributed by atoms with E-state index in [0.29, 0.717) is 47.1 Å². The molecule has 3 heterocycles. The molecule has 0 aliphatic carbocycles. The van der Waals surface area contributed by atoms with Gasteiger partial charge in [0.2, 0.25) is 5.95 Å². The maximum atomic E-state index is 14.0. The van der Waals surface area contributed by atoms with Crippen LogP contribution >= 0.6 is 0 Å². The van der Waals surface area contributed by atoms with Gasteiger partial charge in [-0.3, -0.25) is 9.52 Å². The molecular formula is C26H20F2N6O3S. The van der Waals surface area contributed by atoms with Gasteiger partial charge >= 0.3 is 0 Å². The first-order chi connectivity index (χ1) is 18.1. The number of sulfonamides is 1. The number of anilines is 2. The molecule has 1 amide bonds. The Balaban J connectivity index is 1.48. The summed E-state index contributed by atoms with van der Waals surface area (Å²) in [4.78, 5) is 19.9. The molecule has 4 aromatic rings. The van der Waals surface area contributed by atoms with Crippen LogP contribution in [0.5, 0.6) is 0 Å². The SMILES string of the molecule is Cn1c(-c2nc(N)ncc2C#Cc2cccc(NS(=O)(=O)c3cc(F)ccc3F)c2)cc2c1CCNC2=O. The maximum absolute atomic E-state index is 14.0. The van der Waals surface area contributed by atoms with Crippen LogP contribution < -0.4 is 15.8 Å². The fourth-order valence-corrected chi connectivity index (χ4v) is 5.27. The summed E-state index contributed by atoms with van der Waals surface area (Å²) < 4.78 is 56.9. The zero-order chi connectivity index (χ0) is 27.0. The summed E-state index contributed by atoms with van der Waals surface area (Å²) in [6.45, 7) is 0.535. The van der Waals surface area contributed by atoms with Crippen molar-refractivity contribution in [3.63, 3.8) is 0 Å². The lowest BCUT2D eigenvalue weighted by atomic mass is 10.1. The number of aromatic nitrogens is 3. The first-order valence-electron chi connectivity index (χ1n) is 11.3. The van der Waals surface area contributed by atoms with Gasteiger partial charge in [-0.2, -0.15) is 0 Å². The zero-order valence-electron chi connectivity index (χ0n) is 19.9. The van der Waals surface area contributed by atoms with Crippen LogP contribution in [0.4, 0.5) is 20.4 Å². The van der Waals surface area contributed by atoms with Crippen molar-refractivity contribution in [2.75, 3.05) is 17.0 Å². The second-order valence-corrected chi connectivity index (χ2v) is 10.1. The van der Waals surface area contributed by atoms with Crippen molar-refractivity contribution in [3.05, 3.63) is 88.7 Å². The lowest BCUT2D eigenvalue weighted by Crippen LogP contribution is -2.31. The molecule has 5 rings (SSSR count). The molecule has 0 saturated heterocycles. The van der Waals surface area contributed by atoms with E-state index in [4.69, 9.17) is 5.73 Å². The van der Waals surface area contributed by atoms with Gasteiger partial charge in [-0.15, -0.1) is 0 Å². The molecule has 1 aliphatic heterocycles. The Morgan fingerprint density at radius 3 is 2.74 bits per heavy atom. The molecular weight excluding hydrogens is 514 g/mol. The Morgan fingerprint density at radius 2 is 1.95 bits per heavy atom. The normalized spacial score (nSPS) is 12.8. The highest BCUT2D eigenvalue weighted by Gasteiger charge is 2.24. The van der Waals surface area contributed by atoms with E-state index in [1.165, 1.54) is 18.3 Å². The molecule has 0 fully saturated rings. The number of halogens is 2. The van der Waals surface area contributed by atoms with Gasteiger partial charge in [-0.25, -0.2) is 27.2 Å². The largest absolute Gasteiger partial charge is 0.368 e.